The lowest BCUT2D eigenvalue weighted by atomic mass is 9.77. The smallest absolute Gasteiger partial charge is 0.275 e. The molecule has 3 rings (SSSR count). The Hall–Kier alpha value is -2.21. The Morgan fingerprint density at radius 2 is 2.04 bits per heavy atom. The van der Waals surface area contributed by atoms with E-state index in [0.29, 0.717) is 24.6 Å². The zero-order chi connectivity index (χ0) is 18.2. The first kappa shape index (κ1) is 17.6. The Bertz CT molecular complexity index is 862. The van der Waals surface area contributed by atoms with Crippen LogP contribution < -0.4 is 10.9 Å². The third-order valence-electron chi connectivity index (χ3n) is 4.88. The van der Waals surface area contributed by atoms with E-state index in [4.69, 9.17) is 0 Å². The number of nitrogens with one attached hydrogen (secondary N) is 1. The zero-order valence-electron chi connectivity index (χ0n) is 15.0. The molecule has 1 saturated carbocycles. The predicted molar refractivity (Wildman–Crippen MR) is 96.5 cm³/mol. The molecular weight excluding hydrogens is 318 g/mol. The number of aryl methyl sites for hydroxylation is 2. The van der Waals surface area contributed by atoms with Crippen LogP contribution >= 0.6 is 0 Å². The molecule has 0 saturated heterocycles. The van der Waals surface area contributed by atoms with Crippen molar-refractivity contribution in [2.45, 2.75) is 64.6 Å². The van der Waals surface area contributed by atoms with Crippen LogP contribution in [0.4, 0.5) is 0 Å². The topological polar surface area (TPSA) is 84.2 Å². The van der Waals surface area contributed by atoms with Crippen molar-refractivity contribution in [3.8, 4) is 0 Å². The van der Waals surface area contributed by atoms with Gasteiger partial charge in [0.25, 0.3) is 5.56 Å². The Kier molecular flexibility index (Phi) is 4.64. The van der Waals surface area contributed by atoms with Crippen LogP contribution in [0, 0.1) is 0 Å². The van der Waals surface area contributed by atoms with Crippen LogP contribution in [0.5, 0.6) is 0 Å². The summed E-state index contributed by atoms with van der Waals surface area (Å²) in [6.45, 7) is 5.72. The lowest BCUT2D eigenvalue weighted by Crippen LogP contribution is -2.54. The first-order valence-electron chi connectivity index (χ1n) is 8.87. The summed E-state index contributed by atoms with van der Waals surface area (Å²) in [5.41, 5.74) is 1.05. The maximum Gasteiger partial charge on any atom is 0.275 e. The molecule has 0 spiro atoms. The lowest BCUT2D eigenvalue weighted by molar-refractivity contribution is -0.125. The Balaban J connectivity index is 1.85. The fourth-order valence-corrected chi connectivity index (χ4v) is 3.50. The number of benzene rings is 1. The van der Waals surface area contributed by atoms with Gasteiger partial charge in [-0.15, -0.1) is 0 Å². The highest BCUT2D eigenvalue weighted by molar-refractivity contribution is 5.84. The number of hydrogen-bond donors (Lipinski definition) is 2. The molecule has 1 aliphatic carbocycles. The summed E-state index contributed by atoms with van der Waals surface area (Å²) in [6, 6.07) is 5.76. The van der Waals surface area contributed by atoms with Gasteiger partial charge in [0, 0.05) is 11.4 Å². The first-order chi connectivity index (χ1) is 11.8. The summed E-state index contributed by atoms with van der Waals surface area (Å²) in [4.78, 5) is 24.9. The molecule has 1 amide bonds. The van der Waals surface area contributed by atoms with Gasteiger partial charge in [-0.25, -0.2) is 4.68 Å². The SMILES string of the molecule is CCc1ccc2c(=O)n(CC(=O)N[C@H]3C[C@@](C)(O)C3)nc(CC)c2c1. The van der Waals surface area contributed by atoms with E-state index in [1.807, 2.05) is 25.1 Å². The van der Waals surface area contributed by atoms with E-state index in [-0.39, 0.29) is 24.1 Å². The van der Waals surface area contributed by atoms with Gasteiger partial charge in [-0.05, 0) is 50.3 Å². The summed E-state index contributed by atoms with van der Waals surface area (Å²) in [5.74, 6) is -0.248. The largest absolute Gasteiger partial charge is 0.390 e. The van der Waals surface area contributed by atoms with Gasteiger partial charge in [0.15, 0.2) is 0 Å². The minimum atomic E-state index is -0.692. The molecule has 0 atom stereocenters. The number of hydrogen-bond acceptors (Lipinski definition) is 4. The third kappa shape index (κ3) is 3.58. The maximum atomic E-state index is 12.7. The molecule has 25 heavy (non-hydrogen) atoms. The molecule has 0 radical (unpaired) electrons. The number of nitrogens with zero attached hydrogens (tertiary/aromatic N) is 2. The van der Waals surface area contributed by atoms with Crippen LogP contribution in [0.2, 0.25) is 0 Å². The van der Waals surface area contributed by atoms with Gasteiger partial charge in [-0.3, -0.25) is 9.59 Å². The second-order valence-corrected chi connectivity index (χ2v) is 7.17. The van der Waals surface area contributed by atoms with Gasteiger partial charge in [0.05, 0.1) is 16.7 Å². The normalized spacial score (nSPS) is 22.6. The van der Waals surface area contributed by atoms with Crippen molar-refractivity contribution in [3.63, 3.8) is 0 Å². The molecule has 0 aliphatic heterocycles. The van der Waals surface area contributed by atoms with Gasteiger partial charge < -0.3 is 10.4 Å². The second kappa shape index (κ2) is 6.59. The molecule has 0 unspecified atom stereocenters. The molecule has 1 heterocycles. The summed E-state index contributed by atoms with van der Waals surface area (Å²) in [7, 11) is 0. The van der Waals surface area contributed by atoms with Crippen molar-refractivity contribution in [2.24, 2.45) is 0 Å². The molecule has 1 aromatic carbocycles. The van der Waals surface area contributed by atoms with Gasteiger partial charge in [0.2, 0.25) is 5.91 Å². The first-order valence-corrected chi connectivity index (χ1v) is 8.87. The van der Waals surface area contributed by atoms with Crippen LogP contribution in [0.15, 0.2) is 23.0 Å². The van der Waals surface area contributed by atoms with Crippen molar-refractivity contribution in [1.29, 1.82) is 0 Å². The fraction of sp³-hybridized carbons (Fsp3) is 0.526. The average Bonchev–Trinajstić information content (AvgIpc) is 2.55. The number of rotatable bonds is 5. The molecule has 6 nitrogen and oxygen atoms in total. The van der Waals surface area contributed by atoms with Crippen LogP contribution in [-0.4, -0.2) is 32.4 Å². The van der Waals surface area contributed by atoms with Crippen LogP contribution in [0.1, 0.15) is 44.9 Å². The second-order valence-electron chi connectivity index (χ2n) is 7.17. The number of carbonyl (C=O) groups excluding carboxylic acids is 1. The van der Waals surface area contributed by atoms with E-state index in [9.17, 15) is 14.7 Å². The maximum absolute atomic E-state index is 12.7. The van der Waals surface area contributed by atoms with Gasteiger partial charge >= 0.3 is 0 Å². The summed E-state index contributed by atoms with van der Waals surface area (Å²) < 4.78 is 1.25. The van der Waals surface area contributed by atoms with E-state index >= 15 is 0 Å². The molecule has 2 N–H and O–H groups in total. The minimum absolute atomic E-state index is 0.0311. The van der Waals surface area contributed by atoms with Crippen molar-refractivity contribution in [3.05, 3.63) is 39.8 Å². The van der Waals surface area contributed by atoms with Gasteiger partial charge in [-0.2, -0.15) is 5.10 Å². The highest BCUT2D eigenvalue weighted by atomic mass is 16.3. The Labute approximate surface area is 146 Å². The summed E-state index contributed by atoms with van der Waals surface area (Å²) in [6.07, 6.45) is 2.67. The molecule has 134 valence electrons. The van der Waals surface area contributed by atoms with Crippen molar-refractivity contribution >= 4 is 16.7 Å². The number of amides is 1. The number of aliphatic hydroxyl groups is 1. The minimum Gasteiger partial charge on any atom is -0.390 e. The quantitative estimate of drug-likeness (QED) is 0.863. The Morgan fingerprint density at radius 3 is 2.64 bits per heavy atom. The highest BCUT2D eigenvalue weighted by Gasteiger charge is 2.39. The molecule has 1 aliphatic rings. The van der Waals surface area contributed by atoms with E-state index in [1.54, 1.807) is 6.92 Å². The van der Waals surface area contributed by atoms with E-state index in [0.717, 1.165) is 23.1 Å². The number of fused-ring (bicyclic) bond motifs is 1. The van der Waals surface area contributed by atoms with E-state index in [1.165, 1.54) is 4.68 Å². The monoisotopic (exact) mass is 343 g/mol. The van der Waals surface area contributed by atoms with Crippen LogP contribution in [0.3, 0.4) is 0 Å². The van der Waals surface area contributed by atoms with Gasteiger partial charge in [-0.1, -0.05) is 19.9 Å². The Morgan fingerprint density at radius 1 is 1.32 bits per heavy atom. The van der Waals surface area contributed by atoms with E-state index in [2.05, 4.69) is 17.3 Å². The number of carbonyl (C=O) groups is 1. The predicted octanol–water partition coefficient (Wildman–Crippen LogP) is 1.55. The molecule has 1 fully saturated rings. The fourth-order valence-electron chi connectivity index (χ4n) is 3.50. The number of aromatic nitrogens is 2. The summed E-state index contributed by atoms with van der Waals surface area (Å²) in [5, 5.41) is 18.5. The van der Waals surface area contributed by atoms with Crippen molar-refractivity contribution < 1.29 is 9.90 Å². The molecule has 1 aromatic heterocycles. The highest BCUT2D eigenvalue weighted by Crippen LogP contribution is 2.31. The van der Waals surface area contributed by atoms with E-state index < -0.39 is 5.60 Å². The summed E-state index contributed by atoms with van der Waals surface area (Å²) >= 11 is 0. The standard InChI is InChI=1S/C19H25N3O3/c1-4-12-6-7-14-15(8-12)16(5-2)21-22(18(14)24)11-17(23)20-13-9-19(3,25)10-13/h6-8,13,25H,4-5,9-11H2,1-3H3,(H,20,23)/t13-,19+. The average molecular weight is 343 g/mol. The van der Waals surface area contributed by atoms with Crippen molar-refractivity contribution in [1.82, 2.24) is 15.1 Å². The third-order valence-corrected chi connectivity index (χ3v) is 4.88. The molecule has 6 heteroatoms. The lowest BCUT2D eigenvalue weighted by Gasteiger charge is -2.41. The molecule has 0 bridgehead atoms. The van der Waals surface area contributed by atoms with Crippen LogP contribution in [-0.2, 0) is 24.2 Å². The van der Waals surface area contributed by atoms with Crippen LogP contribution in [0.25, 0.3) is 10.8 Å². The van der Waals surface area contributed by atoms with Crippen molar-refractivity contribution in [2.75, 3.05) is 0 Å². The molecular formula is C19H25N3O3. The molecule has 2 aromatic rings. The van der Waals surface area contributed by atoms with Gasteiger partial charge in [0.1, 0.15) is 6.54 Å². The zero-order valence-corrected chi connectivity index (χ0v) is 15.0.